The number of carboxylic acids is 1. The molecule has 9 nitrogen and oxygen atoms in total. The first kappa shape index (κ1) is 34.7. The molecule has 1 heterocycles. The number of allylic oxidation sites excluding steroid dienone is 2. The van der Waals surface area contributed by atoms with Crippen LogP contribution >= 0.6 is 0 Å². The second kappa shape index (κ2) is 13.2. The summed E-state index contributed by atoms with van der Waals surface area (Å²) in [6.07, 6.45) is 5.93. The first-order valence-electron chi connectivity index (χ1n) is 17.4. The van der Waals surface area contributed by atoms with Crippen molar-refractivity contribution < 1.29 is 45.0 Å². The number of carbonyl (C=O) groups is 1. The average Bonchev–Trinajstić information content (AvgIpc) is 3.54. The van der Waals surface area contributed by atoms with Gasteiger partial charge in [0.1, 0.15) is 22.7 Å². The molecular formula is C46H34O9. The first-order valence-corrected chi connectivity index (χ1v) is 17.4. The molecular weight excluding hydrogens is 696 g/mol. The summed E-state index contributed by atoms with van der Waals surface area (Å²) >= 11 is 0. The van der Waals surface area contributed by atoms with Crippen LogP contribution in [0.15, 0.2) is 126 Å². The van der Waals surface area contributed by atoms with Crippen LogP contribution in [-0.2, 0) is 6.42 Å². The summed E-state index contributed by atoms with van der Waals surface area (Å²) in [4.78, 5) is 13.6. The molecule has 0 radical (unpaired) electrons. The van der Waals surface area contributed by atoms with Gasteiger partial charge < -0.3 is 40.2 Å². The third-order valence-electron chi connectivity index (χ3n) is 10.2. The van der Waals surface area contributed by atoms with Crippen molar-refractivity contribution in [1.82, 2.24) is 0 Å². The van der Waals surface area contributed by atoms with Crippen molar-refractivity contribution in [2.75, 3.05) is 0 Å². The van der Waals surface area contributed by atoms with Crippen molar-refractivity contribution in [1.29, 1.82) is 0 Å². The summed E-state index contributed by atoms with van der Waals surface area (Å²) in [7, 11) is 0. The summed E-state index contributed by atoms with van der Waals surface area (Å²) in [5.41, 5.74) is 2.93. The lowest BCUT2D eigenvalue weighted by Gasteiger charge is -2.25. The molecule has 55 heavy (non-hydrogen) atoms. The van der Waals surface area contributed by atoms with Gasteiger partial charge in [0.15, 0.2) is 5.76 Å². The van der Waals surface area contributed by atoms with Crippen LogP contribution in [0.25, 0.3) is 89.4 Å². The maximum Gasteiger partial charge on any atom is 0.337 e. The van der Waals surface area contributed by atoms with Gasteiger partial charge in [-0.1, -0.05) is 85.5 Å². The lowest BCUT2D eigenvalue weighted by molar-refractivity contribution is 0.0697. The Morgan fingerprint density at radius 2 is 1.25 bits per heavy atom. The summed E-state index contributed by atoms with van der Waals surface area (Å²) in [6.45, 7) is 4.88. The normalized spacial score (nSPS) is 12.8. The van der Waals surface area contributed by atoms with E-state index < -0.39 is 51.6 Å². The Labute approximate surface area is 314 Å². The van der Waals surface area contributed by atoms with Crippen LogP contribution in [0.5, 0.6) is 0 Å². The molecule has 9 heteroatoms. The van der Waals surface area contributed by atoms with Crippen molar-refractivity contribution in [2.45, 2.75) is 19.8 Å². The molecule has 0 atom stereocenters. The van der Waals surface area contributed by atoms with E-state index in [1.807, 2.05) is 54.6 Å². The van der Waals surface area contributed by atoms with Crippen LogP contribution in [0.1, 0.15) is 51.5 Å². The van der Waals surface area contributed by atoms with Gasteiger partial charge in [-0.15, -0.1) is 0 Å². The monoisotopic (exact) mass is 730 g/mol. The fourth-order valence-corrected chi connectivity index (χ4v) is 7.68. The minimum absolute atomic E-state index is 0.169. The highest BCUT2D eigenvalue weighted by molar-refractivity contribution is 6.14. The molecule has 272 valence electrons. The molecule has 0 spiro atoms. The van der Waals surface area contributed by atoms with Crippen molar-refractivity contribution in [3.63, 3.8) is 0 Å². The number of carboxylic acid groups (broad SMARTS) is 1. The van der Waals surface area contributed by atoms with Gasteiger partial charge in [-0.05, 0) is 94.3 Å². The summed E-state index contributed by atoms with van der Waals surface area (Å²) in [6, 6.07) is 29.2. The van der Waals surface area contributed by atoms with Gasteiger partial charge in [-0.25, -0.2) is 4.79 Å². The van der Waals surface area contributed by atoms with Crippen LogP contribution in [0.4, 0.5) is 0 Å². The maximum absolute atomic E-state index is 13.6. The van der Waals surface area contributed by atoms with E-state index in [1.165, 1.54) is 6.07 Å². The topological polar surface area (TPSA) is 172 Å². The number of aliphatic hydroxyl groups is 6. The van der Waals surface area contributed by atoms with E-state index in [0.717, 1.165) is 47.2 Å². The van der Waals surface area contributed by atoms with Crippen LogP contribution in [0.2, 0.25) is 0 Å². The van der Waals surface area contributed by atoms with Gasteiger partial charge in [0.25, 0.3) is 0 Å². The van der Waals surface area contributed by atoms with Crippen molar-refractivity contribution in [3.8, 4) is 33.4 Å². The van der Waals surface area contributed by atoms with E-state index in [-0.39, 0.29) is 27.8 Å². The van der Waals surface area contributed by atoms with E-state index in [1.54, 1.807) is 30.3 Å². The summed E-state index contributed by atoms with van der Waals surface area (Å²) < 4.78 is 6.17. The molecule has 0 fully saturated rings. The molecule has 0 bridgehead atoms. The number of benzene rings is 6. The molecule has 0 amide bonds. The zero-order valence-electron chi connectivity index (χ0n) is 29.5. The molecule has 1 aliphatic carbocycles. The Morgan fingerprint density at radius 1 is 0.618 bits per heavy atom. The largest absolute Gasteiger partial charge is 0.509 e. The molecule has 0 saturated heterocycles. The van der Waals surface area contributed by atoms with Crippen molar-refractivity contribution in [3.05, 3.63) is 155 Å². The number of furan rings is 1. The van der Waals surface area contributed by atoms with Crippen LogP contribution in [0, 0.1) is 0 Å². The van der Waals surface area contributed by atoms with Gasteiger partial charge in [0.2, 0.25) is 5.76 Å². The van der Waals surface area contributed by atoms with Crippen LogP contribution in [-0.4, -0.2) is 41.7 Å². The number of aryl methyl sites for hydroxylation is 1. The Hall–Kier alpha value is -7.39. The molecule has 7 aromatic rings. The predicted molar refractivity (Wildman–Crippen MR) is 216 cm³/mol. The van der Waals surface area contributed by atoms with E-state index in [9.17, 15) is 40.5 Å². The molecule has 0 unspecified atom stereocenters. The van der Waals surface area contributed by atoms with Gasteiger partial charge in [-0.2, -0.15) is 0 Å². The van der Waals surface area contributed by atoms with E-state index >= 15 is 0 Å². The number of hydrogen-bond acceptors (Lipinski definition) is 8. The second-order valence-corrected chi connectivity index (χ2v) is 13.6. The highest BCUT2D eigenvalue weighted by Crippen LogP contribution is 2.49. The Bertz CT molecular complexity index is 2810. The van der Waals surface area contributed by atoms with E-state index in [2.05, 4.69) is 24.8 Å². The number of fused-ring (bicyclic) bond motifs is 5. The minimum atomic E-state index is -1.56. The quantitative estimate of drug-likeness (QED) is 0.0788. The zero-order chi connectivity index (χ0) is 38.7. The lowest BCUT2D eigenvalue weighted by Crippen LogP contribution is -2.14. The van der Waals surface area contributed by atoms with E-state index in [0.29, 0.717) is 27.5 Å². The van der Waals surface area contributed by atoms with E-state index in [4.69, 9.17) is 4.42 Å². The molecule has 7 N–H and O–H groups in total. The van der Waals surface area contributed by atoms with Crippen LogP contribution in [0.3, 0.4) is 0 Å². The molecule has 1 aromatic heterocycles. The molecule has 0 aliphatic heterocycles. The van der Waals surface area contributed by atoms with Gasteiger partial charge in [-0.3, -0.25) is 0 Å². The fourth-order valence-electron chi connectivity index (χ4n) is 7.68. The average molecular weight is 731 g/mol. The number of hydrogen-bond donors (Lipinski definition) is 7. The smallest absolute Gasteiger partial charge is 0.337 e. The predicted octanol–water partition coefficient (Wildman–Crippen LogP) is 12.0. The minimum Gasteiger partial charge on any atom is -0.509 e. The second-order valence-electron chi connectivity index (χ2n) is 13.6. The van der Waals surface area contributed by atoms with Crippen LogP contribution < -0.4 is 0 Å². The number of rotatable bonds is 7. The SMILES string of the molecule is C=C(O)c1c(C(O)=C(O)O)c(-c2ccc3oc4cc5ccccc5cc4c3c2)c(/C(O)=C(\C)O)c(C(=O)O)c1-c1cccc(-c2ccc3c(c2)CCC=C3)c1. The molecule has 1 aliphatic rings. The molecule has 8 rings (SSSR count). The standard InChI is InChI=1S/C46H34O9/c1-23(47)37-38(31-13-7-12-27(19-31)30-15-14-25-8-3-4-9-26(25)18-30)42(45(51)52)41(43(49)24(2)48)39(40(37)44(50)46(53)54)32-16-17-35-33(21-32)34-20-28-10-5-6-11-29(28)22-36(34)55-35/h3,5-8,10-22,47-50,53-54H,1,4,9H2,2H3,(H,51,52)/b43-24-. The molecule has 6 aromatic carbocycles. The molecule has 0 saturated carbocycles. The maximum atomic E-state index is 13.6. The number of aliphatic hydroxyl groups excluding tert-OH is 5. The zero-order valence-corrected chi connectivity index (χ0v) is 29.5. The van der Waals surface area contributed by atoms with Gasteiger partial charge in [0.05, 0.1) is 5.56 Å². The summed E-state index contributed by atoms with van der Waals surface area (Å²) in [5, 5.41) is 80.3. The van der Waals surface area contributed by atoms with Gasteiger partial charge in [0, 0.05) is 38.6 Å². The number of aromatic carboxylic acids is 1. The van der Waals surface area contributed by atoms with Crippen molar-refractivity contribution in [2.24, 2.45) is 0 Å². The Balaban J connectivity index is 1.49. The first-order chi connectivity index (χ1) is 26.4. The van der Waals surface area contributed by atoms with Gasteiger partial charge >= 0.3 is 11.9 Å². The Morgan fingerprint density at radius 3 is 1.96 bits per heavy atom. The Kier molecular flexibility index (Phi) is 8.34. The third-order valence-corrected chi connectivity index (χ3v) is 10.2. The lowest BCUT2D eigenvalue weighted by atomic mass is 9.78. The summed E-state index contributed by atoms with van der Waals surface area (Å²) in [5.74, 6) is -6.50. The highest BCUT2D eigenvalue weighted by Gasteiger charge is 2.35. The highest BCUT2D eigenvalue weighted by atomic mass is 16.5. The van der Waals surface area contributed by atoms with Crippen molar-refractivity contribution >= 4 is 62.0 Å². The fraction of sp³-hybridized carbons (Fsp3) is 0.0652. The third kappa shape index (κ3) is 5.79.